The maximum absolute atomic E-state index is 5.70. The van der Waals surface area contributed by atoms with E-state index in [0.29, 0.717) is 23.3 Å². The fraction of sp³-hybridized carbons (Fsp3) is 0.250. The number of aromatic nitrogens is 3. The number of nitrogen functional groups attached to an aromatic ring is 1. The Balaban J connectivity index is 2.27. The average molecular weight is 230 g/mol. The maximum Gasteiger partial charge on any atom is 0.224 e. The highest BCUT2D eigenvalue weighted by Crippen LogP contribution is 2.21. The summed E-state index contributed by atoms with van der Waals surface area (Å²) in [6.45, 7) is 4.01. The minimum atomic E-state index is 0.203. The van der Waals surface area contributed by atoms with E-state index in [4.69, 9.17) is 10.5 Å². The van der Waals surface area contributed by atoms with E-state index in [1.165, 1.54) is 0 Å². The average Bonchev–Trinajstić information content (AvgIpc) is 2.29. The predicted molar refractivity (Wildman–Crippen MR) is 64.8 cm³/mol. The summed E-state index contributed by atoms with van der Waals surface area (Å²) >= 11 is 0. The molecule has 0 saturated heterocycles. The summed E-state index contributed by atoms with van der Waals surface area (Å²) in [5, 5.41) is 0. The third-order valence-electron chi connectivity index (χ3n) is 2.11. The lowest BCUT2D eigenvalue weighted by Crippen LogP contribution is -2.03. The van der Waals surface area contributed by atoms with Gasteiger partial charge >= 0.3 is 0 Å². The van der Waals surface area contributed by atoms with Crippen molar-refractivity contribution in [1.82, 2.24) is 15.0 Å². The Labute approximate surface area is 99.7 Å². The quantitative estimate of drug-likeness (QED) is 0.876. The van der Waals surface area contributed by atoms with Gasteiger partial charge in [0.15, 0.2) is 0 Å². The molecule has 0 radical (unpaired) electrons. The molecule has 88 valence electrons. The molecule has 0 saturated carbocycles. The molecule has 0 amide bonds. The van der Waals surface area contributed by atoms with Gasteiger partial charge in [-0.1, -0.05) is 13.8 Å². The fourth-order valence-electron chi connectivity index (χ4n) is 1.30. The van der Waals surface area contributed by atoms with E-state index in [1.807, 2.05) is 13.8 Å². The Morgan fingerprint density at radius 3 is 2.76 bits per heavy atom. The molecule has 0 aliphatic carbocycles. The SMILES string of the molecule is CC(C)c1nc(N)cc(Oc2cccnc2)n1. The van der Waals surface area contributed by atoms with E-state index in [1.54, 1.807) is 30.6 Å². The molecule has 17 heavy (non-hydrogen) atoms. The van der Waals surface area contributed by atoms with Crippen LogP contribution in [-0.4, -0.2) is 15.0 Å². The highest BCUT2D eigenvalue weighted by Gasteiger charge is 2.08. The van der Waals surface area contributed by atoms with Crippen molar-refractivity contribution in [3.63, 3.8) is 0 Å². The van der Waals surface area contributed by atoms with Crippen molar-refractivity contribution in [2.45, 2.75) is 19.8 Å². The van der Waals surface area contributed by atoms with Gasteiger partial charge in [0.1, 0.15) is 17.4 Å². The van der Waals surface area contributed by atoms with E-state index in [-0.39, 0.29) is 5.92 Å². The first-order valence-electron chi connectivity index (χ1n) is 5.37. The second-order valence-corrected chi connectivity index (χ2v) is 3.93. The van der Waals surface area contributed by atoms with Gasteiger partial charge in [-0.2, -0.15) is 4.98 Å². The van der Waals surface area contributed by atoms with Crippen molar-refractivity contribution in [3.05, 3.63) is 36.4 Å². The van der Waals surface area contributed by atoms with Gasteiger partial charge in [-0.3, -0.25) is 4.98 Å². The molecule has 2 N–H and O–H groups in total. The number of hydrogen-bond donors (Lipinski definition) is 1. The zero-order valence-electron chi connectivity index (χ0n) is 9.79. The highest BCUT2D eigenvalue weighted by atomic mass is 16.5. The topological polar surface area (TPSA) is 73.9 Å². The molecule has 0 aromatic carbocycles. The molecular weight excluding hydrogens is 216 g/mol. The monoisotopic (exact) mass is 230 g/mol. The molecule has 2 aromatic heterocycles. The highest BCUT2D eigenvalue weighted by molar-refractivity contribution is 5.35. The molecule has 5 heteroatoms. The van der Waals surface area contributed by atoms with Crippen LogP contribution in [-0.2, 0) is 0 Å². The van der Waals surface area contributed by atoms with Crippen LogP contribution in [0.1, 0.15) is 25.6 Å². The van der Waals surface area contributed by atoms with Crippen LogP contribution in [0, 0.1) is 0 Å². The zero-order chi connectivity index (χ0) is 12.3. The van der Waals surface area contributed by atoms with Gasteiger partial charge in [0.25, 0.3) is 0 Å². The second kappa shape index (κ2) is 4.78. The van der Waals surface area contributed by atoms with Crippen LogP contribution < -0.4 is 10.5 Å². The van der Waals surface area contributed by atoms with Gasteiger partial charge in [-0.05, 0) is 12.1 Å². The fourth-order valence-corrected chi connectivity index (χ4v) is 1.30. The number of rotatable bonds is 3. The van der Waals surface area contributed by atoms with E-state index in [2.05, 4.69) is 15.0 Å². The lowest BCUT2D eigenvalue weighted by atomic mass is 10.2. The van der Waals surface area contributed by atoms with Crippen LogP contribution in [0.4, 0.5) is 5.82 Å². The van der Waals surface area contributed by atoms with E-state index < -0.39 is 0 Å². The lowest BCUT2D eigenvalue weighted by molar-refractivity contribution is 0.455. The molecule has 5 nitrogen and oxygen atoms in total. The van der Waals surface area contributed by atoms with Crippen molar-refractivity contribution in [2.75, 3.05) is 5.73 Å². The predicted octanol–water partition coefficient (Wildman–Crippen LogP) is 2.37. The second-order valence-electron chi connectivity index (χ2n) is 3.93. The van der Waals surface area contributed by atoms with Crippen molar-refractivity contribution in [2.24, 2.45) is 0 Å². The first kappa shape index (κ1) is 11.3. The Morgan fingerprint density at radius 1 is 1.29 bits per heavy atom. The number of nitrogens with zero attached hydrogens (tertiary/aromatic N) is 3. The van der Waals surface area contributed by atoms with Crippen molar-refractivity contribution in [3.8, 4) is 11.6 Å². The summed E-state index contributed by atoms with van der Waals surface area (Å²) in [5.74, 6) is 2.34. The molecule has 0 unspecified atom stereocenters. The van der Waals surface area contributed by atoms with E-state index >= 15 is 0 Å². The summed E-state index contributed by atoms with van der Waals surface area (Å²) in [4.78, 5) is 12.4. The maximum atomic E-state index is 5.70. The summed E-state index contributed by atoms with van der Waals surface area (Å²) < 4.78 is 5.56. The Hall–Kier alpha value is -2.17. The van der Waals surface area contributed by atoms with Gasteiger partial charge in [-0.15, -0.1) is 0 Å². The van der Waals surface area contributed by atoms with Crippen molar-refractivity contribution < 1.29 is 4.74 Å². The normalized spacial score (nSPS) is 10.5. The molecule has 0 aliphatic rings. The first-order chi connectivity index (χ1) is 8.15. The smallest absolute Gasteiger partial charge is 0.224 e. The van der Waals surface area contributed by atoms with Gasteiger partial charge in [0.2, 0.25) is 5.88 Å². The third kappa shape index (κ3) is 2.90. The number of hydrogen-bond acceptors (Lipinski definition) is 5. The molecule has 0 atom stereocenters. The number of ether oxygens (including phenoxy) is 1. The molecule has 2 heterocycles. The van der Waals surface area contributed by atoms with E-state index in [9.17, 15) is 0 Å². The van der Waals surface area contributed by atoms with Crippen LogP contribution in [0.2, 0.25) is 0 Å². The first-order valence-corrected chi connectivity index (χ1v) is 5.37. The Morgan fingerprint density at radius 2 is 2.12 bits per heavy atom. The van der Waals surface area contributed by atoms with Crippen molar-refractivity contribution >= 4 is 5.82 Å². The Bertz CT molecular complexity index is 499. The summed E-state index contributed by atoms with van der Waals surface area (Å²) in [7, 11) is 0. The largest absolute Gasteiger partial charge is 0.437 e. The molecular formula is C12H14N4O. The summed E-state index contributed by atoms with van der Waals surface area (Å²) in [5.41, 5.74) is 5.70. The van der Waals surface area contributed by atoms with Crippen LogP contribution in [0.5, 0.6) is 11.6 Å². The van der Waals surface area contributed by atoms with Crippen LogP contribution in [0.3, 0.4) is 0 Å². The Kier molecular flexibility index (Phi) is 3.18. The molecule has 2 rings (SSSR count). The molecule has 0 spiro atoms. The van der Waals surface area contributed by atoms with Crippen LogP contribution in [0.25, 0.3) is 0 Å². The van der Waals surface area contributed by atoms with E-state index in [0.717, 1.165) is 0 Å². The number of anilines is 1. The summed E-state index contributed by atoms with van der Waals surface area (Å²) in [6, 6.07) is 5.20. The van der Waals surface area contributed by atoms with Crippen LogP contribution >= 0.6 is 0 Å². The third-order valence-corrected chi connectivity index (χ3v) is 2.11. The lowest BCUT2D eigenvalue weighted by Gasteiger charge is -2.08. The number of pyridine rings is 1. The van der Waals surface area contributed by atoms with Gasteiger partial charge in [0, 0.05) is 18.2 Å². The van der Waals surface area contributed by atoms with Gasteiger partial charge in [0.05, 0.1) is 6.20 Å². The number of nitrogens with two attached hydrogens (primary N) is 1. The van der Waals surface area contributed by atoms with Gasteiger partial charge < -0.3 is 10.5 Å². The van der Waals surface area contributed by atoms with Crippen LogP contribution in [0.15, 0.2) is 30.6 Å². The standard InChI is InChI=1S/C12H14N4O/c1-8(2)12-15-10(13)6-11(16-12)17-9-4-3-5-14-7-9/h3-8H,1-2H3,(H2,13,15,16). The molecule has 2 aromatic rings. The van der Waals surface area contributed by atoms with Gasteiger partial charge in [-0.25, -0.2) is 4.98 Å². The van der Waals surface area contributed by atoms with Crippen molar-refractivity contribution in [1.29, 1.82) is 0 Å². The zero-order valence-corrected chi connectivity index (χ0v) is 9.79. The molecule has 0 aliphatic heterocycles. The minimum Gasteiger partial charge on any atom is -0.437 e. The minimum absolute atomic E-state index is 0.203. The molecule has 0 fully saturated rings. The summed E-state index contributed by atoms with van der Waals surface area (Å²) in [6.07, 6.45) is 3.30. The molecule has 0 bridgehead atoms.